The third-order valence-electron chi connectivity index (χ3n) is 5.50. The second kappa shape index (κ2) is 9.73. The maximum absolute atomic E-state index is 13.7. The van der Waals surface area contributed by atoms with Gasteiger partial charge in [-0.2, -0.15) is 0 Å². The lowest BCUT2D eigenvalue weighted by atomic mass is 9.77. The summed E-state index contributed by atoms with van der Waals surface area (Å²) in [5.41, 5.74) is 0.707. The molecule has 1 fully saturated rings. The highest BCUT2D eigenvalue weighted by Gasteiger charge is 2.30. The standard InChI is InChI=1S/C24H26F2N2O3/c1-14(2)18-12-7-15(3)13-21(18)31-17-10-8-16(9-11-17)27-24(30)28-23(29)22-19(25)5-4-6-20(22)26/h4-6,8-11,15,18,21H,1,7,12-13H2,2-3H3,(H2,27,28,29,30). The monoisotopic (exact) mass is 428 g/mol. The third-order valence-corrected chi connectivity index (χ3v) is 5.50. The Bertz CT molecular complexity index is 955. The number of rotatable bonds is 5. The van der Waals surface area contributed by atoms with Gasteiger partial charge in [0.2, 0.25) is 0 Å². The molecule has 164 valence electrons. The van der Waals surface area contributed by atoms with E-state index in [4.69, 9.17) is 4.74 Å². The van der Waals surface area contributed by atoms with Gasteiger partial charge in [-0.15, -0.1) is 0 Å². The number of benzene rings is 2. The summed E-state index contributed by atoms with van der Waals surface area (Å²) in [7, 11) is 0. The summed E-state index contributed by atoms with van der Waals surface area (Å²) in [6, 6.07) is 8.84. The van der Waals surface area contributed by atoms with Gasteiger partial charge in [-0.3, -0.25) is 10.1 Å². The van der Waals surface area contributed by atoms with Crippen molar-refractivity contribution in [3.63, 3.8) is 0 Å². The van der Waals surface area contributed by atoms with Crippen LogP contribution in [0, 0.1) is 23.5 Å². The molecule has 3 atom stereocenters. The van der Waals surface area contributed by atoms with Crippen LogP contribution in [-0.4, -0.2) is 18.0 Å². The van der Waals surface area contributed by atoms with Crippen LogP contribution < -0.4 is 15.4 Å². The van der Waals surface area contributed by atoms with Gasteiger partial charge in [0, 0.05) is 11.6 Å². The predicted molar refractivity (Wildman–Crippen MR) is 115 cm³/mol. The van der Waals surface area contributed by atoms with Gasteiger partial charge >= 0.3 is 6.03 Å². The Labute approximate surface area is 180 Å². The molecule has 0 aromatic heterocycles. The predicted octanol–water partition coefficient (Wildman–Crippen LogP) is 5.69. The molecule has 0 saturated heterocycles. The highest BCUT2D eigenvalue weighted by molar-refractivity contribution is 6.08. The number of halogens is 2. The lowest BCUT2D eigenvalue weighted by Crippen LogP contribution is -2.35. The number of carbonyl (C=O) groups excluding carboxylic acids is 2. The van der Waals surface area contributed by atoms with Gasteiger partial charge in [-0.1, -0.05) is 25.1 Å². The first-order valence-electron chi connectivity index (χ1n) is 10.2. The molecule has 2 aromatic carbocycles. The van der Waals surface area contributed by atoms with Crippen LogP contribution in [0.4, 0.5) is 19.3 Å². The molecule has 3 amide bonds. The van der Waals surface area contributed by atoms with E-state index in [2.05, 4.69) is 18.8 Å². The number of hydrogen-bond donors (Lipinski definition) is 2. The van der Waals surface area contributed by atoms with E-state index in [1.165, 1.54) is 0 Å². The minimum atomic E-state index is -1.16. The second-order valence-electron chi connectivity index (χ2n) is 8.06. The van der Waals surface area contributed by atoms with Crippen molar-refractivity contribution in [2.24, 2.45) is 11.8 Å². The van der Waals surface area contributed by atoms with Gasteiger partial charge in [0.1, 0.15) is 29.1 Å². The van der Waals surface area contributed by atoms with Gasteiger partial charge < -0.3 is 10.1 Å². The van der Waals surface area contributed by atoms with Crippen molar-refractivity contribution in [1.29, 1.82) is 0 Å². The first-order chi connectivity index (χ1) is 14.7. The summed E-state index contributed by atoms with van der Waals surface area (Å²) in [6.07, 6.45) is 3.22. The lowest BCUT2D eigenvalue weighted by Gasteiger charge is -2.35. The number of anilines is 1. The van der Waals surface area contributed by atoms with Gasteiger partial charge in [0.05, 0.1) is 0 Å². The Balaban J connectivity index is 1.59. The van der Waals surface area contributed by atoms with E-state index in [0.29, 0.717) is 23.3 Å². The molecule has 0 radical (unpaired) electrons. The largest absolute Gasteiger partial charge is 0.490 e. The van der Waals surface area contributed by atoms with Crippen molar-refractivity contribution >= 4 is 17.6 Å². The van der Waals surface area contributed by atoms with Crippen molar-refractivity contribution in [3.05, 3.63) is 71.8 Å². The first-order valence-corrected chi connectivity index (χ1v) is 10.2. The number of nitrogens with one attached hydrogen (secondary N) is 2. The first kappa shape index (κ1) is 22.5. The van der Waals surface area contributed by atoms with Crippen molar-refractivity contribution in [2.75, 3.05) is 5.32 Å². The Kier molecular flexibility index (Phi) is 7.05. The van der Waals surface area contributed by atoms with Crippen LogP contribution >= 0.6 is 0 Å². The number of urea groups is 1. The van der Waals surface area contributed by atoms with Gasteiger partial charge in [-0.25, -0.2) is 13.6 Å². The minimum Gasteiger partial charge on any atom is -0.490 e. The van der Waals surface area contributed by atoms with E-state index in [-0.39, 0.29) is 6.10 Å². The quantitative estimate of drug-likeness (QED) is 0.602. The molecule has 0 spiro atoms. The zero-order valence-corrected chi connectivity index (χ0v) is 17.6. The second-order valence-corrected chi connectivity index (χ2v) is 8.06. The minimum absolute atomic E-state index is 0.0524. The molecule has 3 unspecified atom stereocenters. The summed E-state index contributed by atoms with van der Waals surface area (Å²) in [5.74, 6) is -1.69. The molecule has 1 saturated carbocycles. The number of carbonyl (C=O) groups is 2. The highest BCUT2D eigenvalue weighted by atomic mass is 19.1. The molecule has 0 heterocycles. The fourth-order valence-electron chi connectivity index (χ4n) is 3.86. The maximum atomic E-state index is 13.7. The van der Waals surface area contributed by atoms with Gasteiger partial charge in [-0.05, 0) is 68.5 Å². The van der Waals surface area contributed by atoms with Crippen LogP contribution in [0.25, 0.3) is 0 Å². The highest BCUT2D eigenvalue weighted by Crippen LogP contribution is 2.35. The SMILES string of the molecule is C=C(C)C1CCC(C)CC1Oc1ccc(NC(=O)NC(=O)c2c(F)cccc2F)cc1. The Morgan fingerprint density at radius 3 is 2.32 bits per heavy atom. The average Bonchev–Trinajstić information content (AvgIpc) is 2.69. The molecular weight excluding hydrogens is 402 g/mol. The Morgan fingerprint density at radius 2 is 1.71 bits per heavy atom. The van der Waals surface area contributed by atoms with Gasteiger partial charge in [0.25, 0.3) is 5.91 Å². The summed E-state index contributed by atoms with van der Waals surface area (Å²) < 4.78 is 33.5. The summed E-state index contributed by atoms with van der Waals surface area (Å²) >= 11 is 0. The molecule has 0 aliphatic heterocycles. The summed E-state index contributed by atoms with van der Waals surface area (Å²) in [4.78, 5) is 24.0. The number of amides is 3. The fourth-order valence-corrected chi connectivity index (χ4v) is 3.86. The summed E-state index contributed by atoms with van der Waals surface area (Å²) in [6.45, 7) is 8.33. The Hall–Kier alpha value is -3.22. The summed E-state index contributed by atoms with van der Waals surface area (Å²) in [5, 5.41) is 4.38. The smallest absolute Gasteiger partial charge is 0.326 e. The van der Waals surface area contributed by atoms with Crippen LogP contribution in [0.15, 0.2) is 54.6 Å². The van der Waals surface area contributed by atoms with Crippen LogP contribution in [0.5, 0.6) is 5.75 Å². The number of hydrogen-bond acceptors (Lipinski definition) is 3. The van der Waals surface area contributed by atoms with Crippen molar-refractivity contribution < 1.29 is 23.1 Å². The number of imide groups is 1. The molecule has 1 aliphatic rings. The molecule has 0 bridgehead atoms. The van der Waals surface area contributed by atoms with Crippen LogP contribution in [0.3, 0.4) is 0 Å². The molecule has 31 heavy (non-hydrogen) atoms. The molecule has 3 rings (SSSR count). The Morgan fingerprint density at radius 1 is 1.06 bits per heavy atom. The van der Waals surface area contributed by atoms with Crippen molar-refractivity contribution in [2.45, 2.75) is 39.2 Å². The number of ether oxygens (including phenoxy) is 1. The van der Waals surface area contributed by atoms with E-state index < -0.39 is 29.1 Å². The maximum Gasteiger partial charge on any atom is 0.326 e. The molecule has 7 heteroatoms. The van der Waals surface area contributed by atoms with E-state index in [1.807, 2.05) is 12.2 Å². The van der Waals surface area contributed by atoms with E-state index in [0.717, 1.165) is 43.0 Å². The fraction of sp³-hybridized carbons (Fsp3) is 0.333. The molecule has 1 aliphatic carbocycles. The van der Waals surface area contributed by atoms with E-state index in [1.54, 1.807) is 24.3 Å². The van der Waals surface area contributed by atoms with Crippen LogP contribution in [-0.2, 0) is 0 Å². The lowest BCUT2D eigenvalue weighted by molar-refractivity contribution is 0.0873. The molecule has 5 nitrogen and oxygen atoms in total. The van der Waals surface area contributed by atoms with E-state index in [9.17, 15) is 18.4 Å². The molecular formula is C24H26F2N2O3. The van der Waals surface area contributed by atoms with E-state index >= 15 is 0 Å². The van der Waals surface area contributed by atoms with Gasteiger partial charge in [0.15, 0.2) is 0 Å². The zero-order chi connectivity index (χ0) is 22.5. The zero-order valence-electron chi connectivity index (χ0n) is 17.6. The molecule has 2 N–H and O–H groups in total. The van der Waals surface area contributed by atoms with Crippen LogP contribution in [0.1, 0.15) is 43.5 Å². The molecule has 2 aromatic rings. The normalized spacial score (nSPS) is 20.6. The van der Waals surface area contributed by atoms with Crippen LogP contribution in [0.2, 0.25) is 0 Å². The van der Waals surface area contributed by atoms with Crippen molar-refractivity contribution in [1.82, 2.24) is 5.32 Å². The third kappa shape index (κ3) is 5.69. The van der Waals surface area contributed by atoms with Crippen molar-refractivity contribution in [3.8, 4) is 5.75 Å². The average molecular weight is 428 g/mol. The topological polar surface area (TPSA) is 67.4 Å².